The number of hydrogen-bond donors (Lipinski definition) is 2. The third kappa shape index (κ3) is 4.31. The van der Waals surface area contributed by atoms with Crippen LogP contribution in [0.1, 0.15) is 26.3 Å². The summed E-state index contributed by atoms with van der Waals surface area (Å²) in [4.78, 5) is 34.3. The summed E-state index contributed by atoms with van der Waals surface area (Å²) in [6.45, 7) is 0.162. The van der Waals surface area contributed by atoms with Crippen LogP contribution in [0, 0.1) is 10.1 Å². The second kappa shape index (κ2) is 7.91. The van der Waals surface area contributed by atoms with Gasteiger partial charge in [0.15, 0.2) is 0 Å². The van der Waals surface area contributed by atoms with Crippen molar-refractivity contribution in [3.8, 4) is 5.75 Å². The molecular formula is C17H17N3O5. The summed E-state index contributed by atoms with van der Waals surface area (Å²) in [6.07, 6.45) is 0. The Kier molecular flexibility index (Phi) is 5.67. The molecule has 2 aromatic rings. The van der Waals surface area contributed by atoms with Gasteiger partial charge in [0.1, 0.15) is 5.75 Å². The Hall–Kier alpha value is -3.42. The molecule has 2 N–H and O–H groups in total. The number of non-ortho nitro benzene ring substituents is 1. The maximum Gasteiger partial charge on any atom is 0.270 e. The summed E-state index contributed by atoms with van der Waals surface area (Å²) in [5.74, 6) is -0.498. The van der Waals surface area contributed by atoms with E-state index in [1.165, 1.54) is 26.3 Å². The summed E-state index contributed by atoms with van der Waals surface area (Å²) in [7, 11) is 2.91. The number of nitro benzene ring substituents is 1. The van der Waals surface area contributed by atoms with E-state index >= 15 is 0 Å². The third-order valence-electron chi connectivity index (χ3n) is 3.51. The monoisotopic (exact) mass is 343 g/mol. The van der Waals surface area contributed by atoms with E-state index in [9.17, 15) is 19.7 Å². The molecule has 2 rings (SSSR count). The predicted molar refractivity (Wildman–Crippen MR) is 90.7 cm³/mol. The minimum atomic E-state index is -0.580. The number of nitro groups is 1. The highest BCUT2D eigenvalue weighted by atomic mass is 16.6. The molecule has 0 aromatic heterocycles. The Morgan fingerprint density at radius 3 is 2.56 bits per heavy atom. The molecule has 130 valence electrons. The van der Waals surface area contributed by atoms with Gasteiger partial charge in [-0.15, -0.1) is 0 Å². The maximum atomic E-state index is 12.4. The molecule has 0 saturated heterocycles. The molecule has 0 fully saturated rings. The van der Waals surface area contributed by atoms with Gasteiger partial charge in [0, 0.05) is 31.3 Å². The lowest BCUT2D eigenvalue weighted by atomic mass is 10.1. The Labute approximate surface area is 144 Å². The number of amides is 2. The maximum absolute atomic E-state index is 12.4. The van der Waals surface area contributed by atoms with Crippen LogP contribution in [0.5, 0.6) is 5.75 Å². The quantitative estimate of drug-likeness (QED) is 0.615. The summed E-state index contributed by atoms with van der Waals surface area (Å²) < 4.78 is 5.08. The van der Waals surface area contributed by atoms with Crippen molar-refractivity contribution in [3.05, 3.63) is 69.3 Å². The molecule has 0 heterocycles. The van der Waals surface area contributed by atoms with Crippen LogP contribution in [-0.2, 0) is 6.54 Å². The highest BCUT2D eigenvalue weighted by Gasteiger charge is 2.17. The van der Waals surface area contributed by atoms with E-state index in [-0.39, 0.29) is 29.5 Å². The standard InChI is InChI=1S/C17H17N3O5/c1-18-16(21)12-5-3-4-11(8-12)10-19-17(22)14-9-13(20(23)24)6-7-15(14)25-2/h3-9H,10H2,1-2H3,(H,18,21)(H,19,22). The van der Waals surface area contributed by atoms with Gasteiger partial charge in [0.2, 0.25) is 0 Å². The van der Waals surface area contributed by atoms with Crippen LogP contribution in [-0.4, -0.2) is 30.9 Å². The first-order valence-electron chi connectivity index (χ1n) is 7.38. The van der Waals surface area contributed by atoms with Crippen LogP contribution >= 0.6 is 0 Å². The van der Waals surface area contributed by atoms with Crippen molar-refractivity contribution in [2.75, 3.05) is 14.2 Å². The number of carbonyl (C=O) groups excluding carboxylic acids is 2. The first-order valence-corrected chi connectivity index (χ1v) is 7.38. The number of nitrogens with one attached hydrogen (secondary N) is 2. The molecule has 0 spiro atoms. The molecule has 0 bridgehead atoms. The lowest BCUT2D eigenvalue weighted by Gasteiger charge is -2.10. The molecule has 8 heteroatoms. The van der Waals surface area contributed by atoms with Crippen LogP contribution < -0.4 is 15.4 Å². The number of methoxy groups -OCH3 is 1. The number of ether oxygens (including phenoxy) is 1. The molecule has 0 atom stereocenters. The fraction of sp³-hybridized carbons (Fsp3) is 0.176. The van der Waals surface area contributed by atoms with E-state index in [1.807, 2.05) is 0 Å². The zero-order valence-corrected chi connectivity index (χ0v) is 13.7. The van der Waals surface area contributed by atoms with Gasteiger partial charge in [-0.3, -0.25) is 19.7 Å². The summed E-state index contributed by atoms with van der Waals surface area (Å²) in [5.41, 5.74) is 1.06. The van der Waals surface area contributed by atoms with Crippen molar-refractivity contribution < 1.29 is 19.2 Å². The van der Waals surface area contributed by atoms with Crippen LogP contribution in [0.2, 0.25) is 0 Å². The van der Waals surface area contributed by atoms with E-state index in [4.69, 9.17) is 4.74 Å². The van der Waals surface area contributed by atoms with Gasteiger partial charge in [0.05, 0.1) is 17.6 Å². The van der Waals surface area contributed by atoms with Gasteiger partial charge in [-0.1, -0.05) is 12.1 Å². The van der Waals surface area contributed by atoms with Crippen LogP contribution in [0.25, 0.3) is 0 Å². The van der Waals surface area contributed by atoms with Crippen LogP contribution in [0.15, 0.2) is 42.5 Å². The number of carbonyl (C=O) groups is 2. The minimum absolute atomic E-state index is 0.0687. The smallest absolute Gasteiger partial charge is 0.270 e. The molecule has 0 aliphatic heterocycles. The topological polar surface area (TPSA) is 111 Å². The zero-order valence-electron chi connectivity index (χ0n) is 13.7. The van der Waals surface area contributed by atoms with Crippen molar-refractivity contribution in [1.29, 1.82) is 0 Å². The molecule has 0 radical (unpaired) electrons. The van der Waals surface area contributed by atoms with Crippen LogP contribution in [0.4, 0.5) is 5.69 Å². The molecule has 25 heavy (non-hydrogen) atoms. The zero-order chi connectivity index (χ0) is 18.4. The van der Waals surface area contributed by atoms with E-state index < -0.39 is 10.8 Å². The summed E-state index contributed by atoms with van der Waals surface area (Å²) >= 11 is 0. The average molecular weight is 343 g/mol. The second-order valence-corrected chi connectivity index (χ2v) is 5.10. The number of benzene rings is 2. The Bertz CT molecular complexity index is 820. The van der Waals surface area contributed by atoms with Gasteiger partial charge in [0.25, 0.3) is 17.5 Å². The second-order valence-electron chi connectivity index (χ2n) is 5.10. The highest BCUT2D eigenvalue weighted by molar-refractivity contribution is 5.97. The van der Waals surface area contributed by atoms with Crippen LogP contribution in [0.3, 0.4) is 0 Å². The van der Waals surface area contributed by atoms with E-state index in [2.05, 4.69) is 10.6 Å². The fourth-order valence-corrected chi connectivity index (χ4v) is 2.23. The van der Waals surface area contributed by atoms with Crippen molar-refractivity contribution in [2.24, 2.45) is 0 Å². The lowest BCUT2D eigenvalue weighted by Crippen LogP contribution is -2.24. The lowest BCUT2D eigenvalue weighted by molar-refractivity contribution is -0.384. The molecular weight excluding hydrogens is 326 g/mol. The summed E-state index contributed by atoms with van der Waals surface area (Å²) in [6, 6.07) is 10.6. The van der Waals surface area contributed by atoms with Crippen molar-refractivity contribution in [1.82, 2.24) is 10.6 Å². The highest BCUT2D eigenvalue weighted by Crippen LogP contribution is 2.24. The molecule has 0 aliphatic carbocycles. The predicted octanol–water partition coefficient (Wildman–Crippen LogP) is 1.89. The van der Waals surface area contributed by atoms with Gasteiger partial charge in [-0.2, -0.15) is 0 Å². The van der Waals surface area contributed by atoms with E-state index in [1.54, 1.807) is 24.3 Å². The Morgan fingerprint density at radius 2 is 1.92 bits per heavy atom. The SMILES string of the molecule is CNC(=O)c1cccc(CNC(=O)c2cc([N+](=O)[O-])ccc2OC)c1. The van der Waals surface area contributed by atoms with Gasteiger partial charge in [-0.25, -0.2) is 0 Å². The largest absolute Gasteiger partial charge is 0.496 e. The van der Waals surface area contributed by atoms with Gasteiger partial charge < -0.3 is 15.4 Å². The number of hydrogen-bond acceptors (Lipinski definition) is 5. The summed E-state index contributed by atoms with van der Waals surface area (Å²) in [5, 5.41) is 16.1. The molecule has 8 nitrogen and oxygen atoms in total. The first kappa shape index (κ1) is 17.9. The van der Waals surface area contributed by atoms with Crippen molar-refractivity contribution >= 4 is 17.5 Å². The average Bonchev–Trinajstić information content (AvgIpc) is 2.64. The van der Waals surface area contributed by atoms with Crippen molar-refractivity contribution in [2.45, 2.75) is 6.54 Å². The minimum Gasteiger partial charge on any atom is -0.496 e. The Balaban J connectivity index is 2.16. The van der Waals surface area contributed by atoms with E-state index in [0.29, 0.717) is 5.56 Å². The molecule has 0 unspecified atom stereocenters. The first-order chi connectivity index (χ1) is 12.0. The van der Waals surface area contributed by atoms with Gasteiger partial charge >= 0.3 is 0 Å². The molecule has 2 aromatic carbocycles. The molecule has 2 amide bonds. The Morgan fingerprint density at radius 1 is 1.16 bits per heavy atom. The molecule has 0 aliphatic rings. The van der Waals surface area contributed by atoms with E-state index in [0.717, 1.165) is 11.6 Å². The van der Waals surface area contributed by atoms with Gasteiger partial charge in [-0.05, 0) is 23.8 Å². The number of nitrogens with zero attached hydrogens (tertiary/aromatic N) is 1. The third-order valence-corrected chi connectivity index (χ3v) is 3.51. The number of rotatable bonds is 6. The van der Waals surface area contributed by atoms with Crippen molar-refractivity contribution in [3.63, 3.8) is 0 Å². The molecule has 0 saturated carbocycles. The fourth-order valence-electron chi connectivity index (χ4n) is 2.23. The normalized spacial score (nSPS) is 10.0.